The van der Waals surface area contributed by atoms with E-state index in [4.69, 9.17) is 0 Å². The molecule has 1 N–H and O–H groups in total. The molecule has 2 atom stereocenters. The van der Waals surface area contributed by atoms with Gasteiger partial charge in [-0.2, -0.15) is 0 Å². The third-order valence-electron chi connectivity index (χ3n) is 4.42. The van der Waals surface area contributed by atoms with Crippen LogP contribution in [0.5, 0.6) is 0 Å². The number of nitrogens with one attached hydrogen (secondary N) is 1. The number of imide groups is 1. The number of carbonyl (C=O) groups excluding carboxylic acids is 3. The Morgan fingerprint density at radius 3 is 2.54 bits per heavy atom. The summed E-state index contributed by atoms with van der Waals surface area (Å²) in [5.74, 6) is 0.112. The van der Waals surface area contributed by atoms with E-state index in [1.54, 1.807) is 11.8 Å². The molecule has 3 rings (SSSR count). The summed E-state index contributed by atoms with van der Waals surface area (Å²) in [4.78, 5) is 38.0. The van der Waals surface area contributed by atoms with Crippen LogP contribution in [0.2, 0.25) is 0 Å². The minimum atomic E-state index is -0.255. The van der Waals surface area contributed by atoms with E-state index in [1.165, 1.54) is 16.2 Å². The maximum Gasteiger partial charge on any atom is 0.233 e. The van der Waals surface area contributed by atoms with E-state index in [1.807, 2.05) is 6.92 Å². The Hall–Kier alpha value is -1.48. The minimum absolute atomic E-state index is 0.0900. The molecule has 2 heterocycles. The van der Waals surface area contributed by atoms with Crippen molar-refractivity contribution in [2.75, 3.05) is 17.6 Å². The second-order valence-electron chi connectivity index (χ2n) is 5.93. The number of rotatable bonds is 6. The lowest BCUT2D eigenvalue weighted by molar-refractivity contribution is -0.140. The second-order valence-corrected chi connectivity index (χ2v) is 8.42. The Labute approximate surface area is 148 Å². The first-order valence-corrected chi connectivity index (χ1v) is 10.0. The zero-order valence-electron chi connectivity index (χ0n) is 13.5. The van der Waals surface area contributed by atoms with E-state index < -0.39 is 0 Å². The van der Waals surface area contributed by atoms with Gasteiger partial charge < -0.3 is 5.32 Å². The number of fused-ring (bicyclic) bond motifs is 1. The Bertz CT molecular complexity index is 624. The third kappa shape index (κ3) is 3.61. The number of likely N-dealkylation sites (tertiary alicyclic amines) is 1. The van der Waals surface area contributed by atoms with Gasteiger partial charge in [-0.05, 0) is 18.6 Å². The van der Waals surface area contributed by atoms with Crippen LogP contribution in [0, 0.1) is 11.8 Å². The van der Waals surface area contributed by atoms with Crippen molar-refractivity contribution < 1.29 is 14.4 Å². The summed E-state index contributed by atoms with van der Waals surface area (Å²) in [7, 11) is 0. The lowest BCUT2D eigenvalue weighted by atomic mass is 9.81. The number of carbonyl (C=O) groups is 3. The molecule has 0 unspecified atom stereocenters. The number of hydrogen-bond donors (Lipinski definition) is 1. The monoisotopic (exact) mass is 368 g/mol. The molecule has 1 aliphatic heterocycles. The van der Waals surface area contributed by atoms with Crippen LogP contribution in [0.4, 0.5) is 5.13 Å². The first kappa shape index (κ1) is 17.3. The van der Waals surface area contributed by atoms with Crippen LogP contribution in [-0.4, -0.2) is 45.1 Å². The van der Waals surface area contributed by atoms with Gasteiger partial charge in [0.05, 0.1) is 11.8 Å². The quantitative estimate of drug-likeness (QED) is 0.470. The number of nitrogens with zero attached hydrogens (tertiary/aromatic N) is 3. The van der Waals surface area contributed by atoms with E-state index in [0.29, 0.717) is 5.13 Å². The maximum atomic E-state index is 12.3. The van der Waals surface area contributed by atoms with Gasteiger partial charge in [-0.3, -0.25) is 19.3 Å². The number of thioether (sulfide) groups is 1. The molecule has 1 aromatic heterocycles. The van der Waals surface area contributed by atoms with Crippen LogP contribution in [0.15, 0.2) is 4.34 Å². The molecule has 24 heavy (non-hydrogen) atoms. The Balaban J connectivity index is 1.52. The molecular formula is C15H20N4O3S2. The lowest BCUT2D eigenvalue weighted by Crippen LogP contribution is -2.34. The van der Waals surface area contributed by atoms with Crippen LogP contribution < -0.4 is 5.32 Å². The van der Waals surface area contributed by atoms with E-state index >= 15 is 0 Å². The summed E-state index contributed by atoms with van der Waals surface area (Å²) in [6.07, 6.45) is 3.68. The number of aromatic nitrogens is 2. The van der Waals surface area contributed by atoms with Gasteiger partial charge >= 0.3 is 0 Å². The van der Waals surface area contributed by atoms with Crippen LogP contribution in [0.25, 0.3) is 0 Å². The average molecular weight is 368 g/mol. The Morgan fingerprint density at radius 1 is 1.25 bits per heavy atom. The summed E-state index contributed by atoms with van der Waals surface area (Å²) in [6, 6.07) is 0. The Kier molecular flexibility index (Phi) is 5.50. The zero-order valence-corrected chi connectivity index (χ0v) is 15.1. The molecule has 1 saturated carbocycles. The smallest absolute Gasteiger partial charge is 0.233 e. The van der Waals surface area contributed by atoms with Crippen molar-refractivity contribution in [2.24, 2.45) is 11.8 Å². The molecule has 0 aromatic carbocycles. The van der Waals surface area contributed by atoms with E-state index in [-0.39, 0.29) is 42.5 Å². The van der Waals surface area contributed by atoms with Crippen molar-refractivity contribution in [3.63, 3.8) is 0 Å². The summed E-state index contributed by atoms with van der Waals surface area (Å²) in [6.45, 7) is 2.16. The van der Waals surface area contributed by atoms with Gasteiger partial charge in [-0.15, -0.1) is 10.2 Å². The molecule has 0 radical (unpaired) electrons. The first-order valence-electron chi connectivity index (χ1n) is 8.21. The molecule has 1 aromatic rings. The van der Waals surface area contributed by atoms with E-state index in [9.17, 15) is 14.4 Å². The van der Waals surface area contributed by atoms with Crippen molar-refractivity contribution in [3.05, 3.63) is 0 Å². The normalized spacial score (nSPS) is 23.5. The topological polar surface area (TPSA) is 92.3 Å². The van der Waals surface area contributed by atoms with Gasteiger partial charge in [0.15, 0.2) is 4.34 Å². The third-order valence-corrected chi connectivity index (χ3v) is 6.27. The molecule has 2 fully saturated rings. The number of anilines is 1. The van der Waals surface area contributed by atoms with Crippen molar-refractivity contribution in [3.8, 4) is 0 Å². The van der Waals surface area contributed by atoms with Crippen LogP contribution in [-0.2, 0) is 14.4 Å². The number of amides is 3. The lowest BCUT2D eigenvalue weighted by Gasteiger charge is -2.19. The molecule has 3 amide bonds. The van der Waals surface area contributed by atoms with Gasteiger partial charge in [-0.25, -0.2) is 0 Å². The van der Waals surface area contributed by atoms with Crippen LogP contribution >= 0.6 is 23.1 Å². The summed E-state index contributed by atoms with van der Waals surface area (Å²) in [5, 5.41) is 11.0. The van der Waals surface area contributed by atoms with Crippen LogP contribution in [0.3, 0.4) is 0 Å². The number of hydrogen-bond acceptors (Lipinski definition) is 7. The van der Waals surface area contributed by atoms with Crippen molar-refractivity contribution in [1.82, 2.24) is 15.1 Å². The fourth-order valence-corrected chi connectivity index (χ4v) is 4.95. The molecular weight excluding hydrogens is 348 g/mol. The highest BCUT2D eigenvalue weighted by atomic mass is 32.2. The molecule has 1 aliphatic carbocycles. The van der Waals surface area contributed by atoms with E-state index in [2.05, 4.69) is 15.5 Å². The zero-order chi connectivity index (χ0) is 17.1. The van der Waals surface area contributed by atoms with Gasteiger partial charge in [0.1, 0.15) is 0 Å². The predicted octanol–water partition coefficient (Wildman–Crippen LogP) is 2.15. The standard InChI is InChI=1S/C15H20N4O3S2/c1-2-23-15-18-17-14(24-15)16-11(20)7-8-19-12(21)9-5-3-4-6-10(9)13(19)22/h9-10H,2-8H2,1H3,(H,16,17,20)/t9-,10-/m1/s1. The summed E-state index contributed by atoms with van der Waals surface area (Å²) < 4.78 is 0.807. The molecule has 9 heteroatoms. The summed E-state index contributed by atoms with van der Waals surface area (Å²) in [5.41, 5.74) is 0. The molecule has 7 nitrogen and oxygen atoms in total. The molecule has 1 saturated heterocycles. The largest absolute Gasteiger partial charge is 0.300 e. The second kappa shape index (κ2) is 7.60. The van der Waals surface area contributed by atoms with Crippen LogP contribution in [0.1, 0.15) is 39.0 Å². The van der Waals surface area contributed by atoms with Crippen molar-refractivity contribution >= 4 is 46.0 Å². The fourth-order valence-electron chi connectivity index (χ4n) is 3.29. The molecule has 2 aliphatic rings. The van der Waals surface area contributed by atoms with Gasteiger partial charge in [-0.1, -0.05) is 42.9 Å². The van der Waals surface area contributed by atoms with Crippen molar-refractivity contribution in [2.45, 2.75) is 43.4 Å². The molecule has 0 spiro atoms. The van der Waals surface area contributed by atoms with Gasteiger partial charge in [0.25, 0.3) is 0 Å². The molecule has 130 valence electrons. The highest BCUT2D eigenvalue weighted by Crippen LogP contribution is 2.38. The minimum Gasteiger partial charge on any atom is -0.300 e. The highest BCUT2D eigenvalue weighted by molar-refractivity contribution is 8.01. The highest BCUT2D eigenvalue weighted by Gasteiger charge is 2.47. The maximum absolute atomic E-state index is 12.3. The fraction of sp³-hybridized carbons (Fsp3) is 0.667. The predicted molar refractivity (Wildman–Crippen MR) is 91.7 cm³/mol. The summed E-state index contributed by atoms with van der Waals surface area (Å²) >= 11 is 2.89. The van der Waals surface area contributed by atoms with Gasteiger partial charge in [0.2, 0.25) is 22.9 Å². The van der Waals surface area contributed by atoms with E-state index in [0.717, 1.165) is 35.8 Å². The SMILES string of the molecule is CCSc1nnc(NC(=O)CCN2C(=O)[C@@H]3CCCC[C@H]3C2=O)s1. The van der Waals surface area contributed by atoms with Crippen molar-refractivity contribution in [1.29, 1.82) is 0 Å². The first-order chi connectivity index (χ1) is 11.6. The van der Waals surface area contributed by atoms with Gasteiger partial charge in [0, 0.05) is 13.0 Å². The average Bonchev–Trinajstić information content (AvgIpc) is 3.10. The molecule has 0 bridgehead atoms. The Morgan fingerprint density at radius 2 is 1.92 bits per heavy atom.